The number of hydrogen-bond acceptors (Lipinski definition) is 7. The Morgan fingerprint density at radius 3 is 2.60 bits per heavy atom. The van der Waals surface area contributed by atoms with Crippen molar-refractivity contribution in [2.45, 2.75) is 40.3 Å². The van der Waals surface area contributed by atoms with Gasteiger partial charge in [-0.15, -0.1) is 0 Å². The molecule has 0 spiro atoms. The smallest absolute Gasteiger partial charge is 0.330 e. The summed E-state index contributed by atoms with van der Waals surface area (Å²) in [6.07, 6.45) is 0.657. The zero-order valence-electron chi connectivity index (χ0n) is 17.7. The lowest BCUT2D eigenvalue weighted by Crippen LogP contribution is -2.43. The number of aryl methyl sites for hydroxylation is 1. The molecule has 1 amide bonds. The minimum atomic E-state index is -0.788. The highest BCUT2D eigenvalue weighted by molar-refractivity contribution is 6.05. The zero-order valence-corrected chi connectivity index (χ0v) is 17.7. The summed E-state index contributed by atoms with van der Waals surface area (Å²) in [5, 5.41) is 4.11. The molecular formula is C19H28N6O5. The van der Waals surface area contributed by atoms with E-state index in [9.17, 15) is 19.2 Å². The number of nitrogens with two attached hydrogens (primary N) is 1. The third-order valence-electron chi connectivity index (χ3n) is 4.32. The number of nitrogen functional groups attached to an aromatic ring is 1. The fraction of sp³-hybridized carbons (Fsp3) is 0.526. The molecule has 0 unspecified atom stereocenters. The predicted molar refractivity (Wildman–Crippen MR) is 113 cm³/mol. The summed E-state index contributed by atoms with van der Waals surface area (Å²) in [4.78, 5) is 53.3. The molecule has 0 aromatic carbocycles. The molecule has 0 aliphatic rings. The van der Waals surface area contributed by atoms with Crippen LogP contribution in [0.5, 0.6) is 0 Å². The van der Waals surface area contributed by atoms with Crippen molar-refractivity contribution in [3.8, 4) is 0 Å². The Bertz CT molecular complexity index is 1070. The van der Waals surface area contributed by atoms with Crippen molar-refractivity contribution < 1.29 is 9.53 Å². The molecule has 2 heterocycles. The topological polar surface area (TPSA) is 145 Å². The maximum Gasteiger partial charge on any atom is 0.330 e. The van der Waals surface area contributed by atoms with Crippen LogP contribution >= 0.6 is 0 Å². The van der Waals surface area contributed by atoms with Crippen LogP contribution in [0.15, 0.2) is 26.5 Å². The van der Waals surface area contributed by atoms with Crippen molar-refractivity contribution in [3.63, 3.8) is 0 Å². The van der Waals surface area contributed by atoms with Crippen molar-refractivity contribution in [1.29, 1.82) is 0 Å². The number of aromatic nitrogens is 4. The van der Waals surface area contributed by atoms with Gasteiger partial charge < -0.3 is 10.5 Å². The van der Waals surface area contributed by atoms with Crippen LogP contribution in [0.1, 0.15) is 37.7 Å². The highest BCUT2D eigenvalue weighted by atomic mass is 16.5. The summed E-state index contributed by atoms with van der Waals surface area (Å²) in [6.45, 7) is 6.39. The first-order chi connectivity index (χ1) is 14.2. The Morgan fingerprint density at radius 1 is 1.30 bits per heavy atom. The van der Waals surface area contributed by atoms with Gasteiger partial charge in [-0.3, -0.25) is 28.8 Å². The number of aromatic amines is 1. The van der Waals surface area contributed by atoms with E-state index in [1.807, 2.05) is 20.8 Å². The zero-order chi connectivity index (χ0) is 22.4. The standard InChI is InChI=1S/C19H28N6O5/c1-5-8-25-14(26)7-6-13(22-25)18(28)23(9-10-30-4)15-16(20)24(11-12(2)3)19(29)21-17(15)27/h6-7,12H,5,8-11,20H2,1-4H3,(H,21,27,29). The number of H-pyrrole nitrogens is 1. The first-order valence-electron chi connectivity index (χ1n) is 9.72. The van der Waals surface area contributed by atoms with E-state index in [1.165, 1.54) is 28.5 Å². The minimum absolute atomic E-state index is 0.00290. The molecule has 2 aromatic heterocycles. The predicted octanol–water partition coefficient (Wildman–Crippen LogP) is 0.0347. The number of carbonyl (C=O) groups is 1. The van der Waals surface area contributed by atoms with Gasteiger partial charge in [0.15, 0.2) is 5.69 Å². The quantitative estimate of drug-likeness (QED) is 0.582. The largest absolute Gasteiger partial charge is 0.383 e. The van der Waals surface area contributed by atoms with Gasteiger partial charge in [-0.2, -0.15) is 5.10 Å². The van der Waals surface area contributed by atoms with Crippen molar-refractivity contribution in [1.82, 2.24) is 19.3 Å². The van der Waals surface area contributed by atoms with Crippen LogP contribution in [-0.4, -0.2) is 45.5 Å². The van der Waals surface area contributed by atoms with Gasteiger partial charge in [0.1, 0.15) is 11.5 Å². The first kappa shape index (κ1) is 23.1. The third-order valence-corrected chi connectivity index (χ3v) is 4.32. The van der Waals surface area contributed by atoms with Crippen molar-refractivity contribution in [2.24, 2.45) is 5.92 Å². The van der Waals surface area contributed by atoms with Crippen molar-refractivity contribution >= 4 is 17.4 Å². The van der Waals surface area contributed by atoms with Crippen molar-refractivity contribution in [2.75, 3.05) is 30.9 Å². The molecule has 0 atom stereocenters. The van der Waals surface area contributed by atoms with Gasteiger partial charge in [0.2, 0.25) is 0 Å². The first-order valence-corrected chi connectivity index (χ1v) is 9.72. The van der Waals surface area contributed by atoms with E-state index in [-0.39, 0.29) is 48.4 Å². The summed E-state index contributed by atoms with van der Waals surface area (Å²) >= 11 is 0. The number of rotatable bonds is 9. The minimum Gasteiger partial charge on any atom is -0.383 e. The average molecular weight is 420 g/mol. The van der Waals surface area contributed by atoms with E-state index in [2.05, 4.69) is 10.1 Å². The lowest BCUT2D eigenvalue weighted by atomic mass is 10.2. The fourth-order valence-corrected chi connectivity index (χ4v) is 2.96. The number of anilines is 2. The molecule has 0 radical (unpaired) electrons. The second-order valence-electron chi connectivity index (χ2n) is 7.23. The number of hydrogen-bond donors (Lipinski definition) is 2. The lowest BCUT2D eigenvalue weighted by Gasteiger charge is -2.24. The second kappa shape index (κ2) is 10.0. The number of nitrogens with zero attached hydrogens (tertiary/aromatic N) is 4. The van der Waals surface area contributed by atoms with Crippen LogP contribution in [-0.2, 0) is 17.8 Å². The summed E-state index contributed by atoms with van der Waals surface area (Å²) < 4.78 is 7.48. The molecule has 2 aromatic rings. The van der Waals surface area contributed by atoms with E-state index in [1.54, 1.807) is 0 Å². The van der Waals surface area contributed by atoms with Gasteiger partial charge in [-0.25, -0.2) is 9.48 Å². The monoisotopic (exact) mass is 420 g/mol. The molecule has 0 bridgehead atoms. The number of methoxy groups -OCH3 is 1. The molecule has 0 fully saturated rings. The number of ether oxygens (including phenoxy) is 1. The van der Waals surface area contributed by atoms with E-state index in [4.69, 9.17) is 10.5 Å². The number of nitrogens with one attached hydrogen (secondary N) is 1. The Kier molecular flexibility index (Phi) is 7.70. The van der Waals surface area contributed by atoms with Crippen LogP contribution in [0.2, 0.25) is 0 Å². The summed E-state index contributed by atoms with van der Waals surface area (Å²) in [7, 11) is 1.45. The Labute approximate surface area is 173 Å². The van der Waals surface area contributed by atoms with Crippen LogP contribution in [0, 0.1) is 5.92 Å². The van der Waals surface area contributed by atoms with E-state index in [0.29, 0.717) is 13.0 Å². The van der Waals surface area contributed by atoms with Crippen molar-refractivity contribution in [3.05, 3.63) is 49.0 Å². The maximum absolute atomic E-state index is 13.2. The molecule has 0 saturated carbocycles. The van der Waals surface area contributed by atoms with Gasteiger partial charge in [-0.05, 0) is 18.4 Å². The number of amides is 1. The molecule has 30 heavy (non-hydrogen) atoms. The van der Waals surface area contributed by atoms with E-state index < -0.39 is 17.2 Å². The molecule has 164 valence electrons. The molecule has 11 heteroatoms. The van der Waals surface area contributed by atoms with Gasteiger partial charge in [0.25, 0.3) is 17.0 Å². The van der Waals surface area contributed by atoms with Gasteiger partial charge in [0, 0.05) is 32.8 Å². The summed E-state index contributed by atoms with van der Waals surface area (Å²) in [5.74, 6) is -0.682. The third kappa shape index (κ3) is 5.03. The summed E-state index contributed by atoms with van der Waals surface area (Å²) in [5.41, 5.74) is 4.20. The van der Waals surface area contributed by atoms with Crippen LogP contribution in [0.25, 0.3) is 0 Å². The Hall–Kier alpha value is -3.21. The average Bonchev–Trinajstić information content (AvgIpc) is 2.68. The maximum atomic E-state index is 13.2. The molecule has 0 saturated heterocycles. The highest BCUT2D eigenvalue weighted by Gasteiger charge is 2.26. The van der Waals surface area contributed by atoms with Crippen LogP contribution in [0.3, 0.4) is 0 Å². The van der Waals surface area contributed by atoms with Crippen LogP contribution in [0.4, 0.5) is 11.5 Å². The lowest BCUT2D eigenvalue weighted by molar-refractivity contribution is 0.0968. The van der Waals surface area contributed by atoms with Gasteiger partial charge >= 0.3 is 5.69 Å². The Morgan fingerprint density at radius 2 is 2.00 bits per heavy atom. The fourth-order valence-electron chi connectivity index (χ4n) is 2.96. The van der Waals surface area contributed by atoms with Crippen LogP contribution < -0.4 is 27.4 Å². The number of carbonyl (C=O) groups excluding carboxylic acids is 1. The molecule has 3 N–H and O–H groups in total. The van der Waals surface area contributed by atoms with Gasteiger partial charge in [0.05, 0.1) is 6.61 Å². The van der Waals surface area contributed by atoms with E-state index in [0.717, 1.165) is 4.90 Å². The second-order valence-corrected chi connectivity index (χ2v) is 7.23. The normalized spacial score (nSPS) is 11.1. The van der Waals surface area contributed by atoms with E-state index >= 15 is 0 Å². The molecule has 0 aliphatic heterocycles. The molecule has 2 rings (SSSR count). The molecule has 11 nitrogen and oxygen atoms in total. The SMILES string of the molecule is CCCn1nc(C(=O)N(CCOC)c2c(N)n(CC(C)C)c(=O)[nH]c2=O)ccc1=O. The Balaban J connectivity index is 2.62. The summed E-state index contributed by atoms with van der Waals surface area (Å²) in [6, 6.07) is 2.54. The van der Waals surface area contributed by atoms with Gasteiger partial charge in [-0.1, -0.05) is 20.8 Å². The molecule has 0 aliphatic carbocycles. The molecular weight excluding hydrogens is 392 g/mol. The highest BCUT2D eigenvalue weighted by Crippen LogP contribution is 2.19.